The maximum atomic E-state index is 11.8. The van der Waals surface area contributed by atoms with Gasteiger partial charge in [-0.25, -0.2) is 0 Å². The lowest BCUT2D eigenvalue weighted by molar-refractivity contribution is -0.121. The Kier molecular flexibility index (Phi) is 5.79. The summed E-state index contributed by atoms with van der Waals surface area (Å²) in [6, 6.07) is 0.376. The van der Waals surface area contributed by atoms with E-state index in [1.165, 1.54) is 31.7 Å². The number of amides is 1. The van der Waals surface area contributed by atoms with Gasteiger partial charge >= 0.3 is 0 Å². The average Bonchev–Trinajstić information content (AvgIpc) is 2.39. The normalized spacial score (nSPS) is 27.1. The van der Waals surface area contributed by atoms with Gasteiger partial charge in [0.15, 0.2) is 0 Å². The van der Waals surface area contributed by atoms with Crippen molar-refractivity contribution in [3.63, 3.8) is 0 Å². The third kappa shape index (κ3) is 4.78. The number of likely N-dealkylation sites (tertiary alicyclic amines) is 1. The maximum absolute atomic E-state index is 11.8. The highest BCUT2D eigenvalue weighted by Crippen LogP contribution is 2.15. The van der Waals surface area contributed by atoms with Crippen LogP contribution in [0.15, 0.2) is 0 Å². The van der Waals surface area contributed by atoms with Crippen molar-refractivity contribution >= 4 is 17.7 Å². The summed E-state index contributed by atoms with van der Waals surface area (Å²) in [5.74, 6) is 3.14. The Labute approximate surface area is 114 Å². The van der Waals surface area contributed by atoms with Gasteiger partial charge in [0.2, 0.25) is 5.91 Å². The van der Waals surface area contributed by atoms with Crippen LogP contribution in [0, 0.1) is 5.92 Å². The molecular weight excluding hydrogens is 246 g/mol. The molecule has 0 radical (unpaired) electrons. The molecule has 0 aliphatic carbocycles. The van der Waals surface area contributed by atoms with Gasteiger partial charge < -0.3 is 15.5 Å². The smallest absolute Gasteiger partial charge is 0.221 e. The van der Waals surface area contributed by atoms with Crippen molar-refractivity contribution in [1.82, 2.24) is 15.5 Å². The Bertz CT molecular complexity index is 261. The second kappa shape index (κ2) is 7.36. The fraction of sp³-hybridized carbons (Fsp3) is 0.923. The van der Waals surface area contributed by atoms with E-state index in [0.29, 0.717) is 18.4 Å². The molecule has 0 aromatic heterocycles. The number of nitrogens with one attached hydrogen (secondary N) is 2. The standard InChI is InChI=1S/C13H25N3OS/c1-16-5-2-11(3-6-16)9-15-13(17)8-12-10-18-7-4-14-12/h11-12,14H,2-10H2,1H3,(H,15,17). The van der Waals surface area contributed by atoms with E-state index in [4.69, 9.17) is 0 Å². The van der Waals surface area contributed by atoms with Crippen LogP contribution in [0.4, 0.5) is 0 Å². The minimum absolute atomic E-state index is 0.217. The van der Waals surface area contributed by atoms with Crippen molar-refractivity contribution in [3.8, 4) is 0 Å². The zero-order chi connectivity index (χ0) is 12.8. The van der Waals surface area contributed by atoms with Crippen molar-refractivity contribution in [2.75, 3.05) is 44.7 Å². The van der Waals surface area contributed by atoms with Crippen molar-refractivity contribution in [1.29, 1.82) is 0 Å². The molecule has 1 atom stereocenters. The molecule has 4 nitrogen and oxygen atoms in total. The lowest BCUT2D eigenvalue weighted by Gasteiger charge is -2.29. The first-order valence-corrected chi connectivity index (χ1v) is 8.16. The quantitative estimate of drug-likeness (QED) is 0.783. The SMILES string of the molecule is CN1CCC(CNC(=O)CC2CSCCN2)CC1. The summed E-state index contributed by atoms with van der Waals surface area (Å²) in [5.41, 5.74) is 0. The highest BCUT2D eigenvalue weighted by Gasteiger charge is 2.19. The van der Waals surface area contributed by atoms with E-state index in [9.17, 15) is 4.79 Å². The van der Waals surface area contributed by atoms with E-state index >= 15 is 0 Å². The Morgan fingerprint density at radius 3 is 2.89 bits per heavy atom. The van der Waals surface area contributed by atoms with E-state index in [2.05, 4.69) is 22.6 Å². The number of hydrogen-bond acceptors (Lipinski definition) is 4. The summed E-state index contributed by atoms with van der Waals surface area (Å²) in [5, 5.41) is 6.51. The van der Waals surface area contributed by atoms with E-state index in [-0.39, 0.29) is 5.91 Å². The Balaban J connectivity index is 1.59. The highest BCUT2D eigenvalue weighted by molar-refractivity contribution is 7.99. The largest absolute Gasteiger partial charge is 0.356 e. The molecule has 0 spiro atoms. The first kappa shape index (κ1) is 14.2. The number of nitrogens with zero attached hydrogens (tertiary/aromatic N) is 1. The molecule has 18 heavy (non-hydrogen) atoms. The van der Waals surface area contributed by atoms with Crippen LogP contribution < -0.4 is 10.6 Å². The molecule has 0 saturated carbocycles. The highest BCUT2D eigenvalue weighted by atomic mass is 32.2. The number of rotatable bonds is 4. The summed E-state index contributed by atoms with van der Waals surface area (Å²) in [7, 11) is 2.17. The number of hydrogen-bond donors (Lipinski definition) is 2. The van der Waals surface area contributed by atoms with Crippen molar-refractivity contribution in [3.05, 3.63) is 0 Å². The van der Waals surface area contributed by atoms with Gasteiger partial charge in [0.05, 0.1) is 0 Å². The first-order valence-electron chi connectivity index (χ1n) is 7.00. The summed E-state index contributed by atoms with van der Waals surface area (Å²) in [4.78, 5) is 14.2. The zero-order valence-corrected chi connectivity index (χ0v) is 12.1. The van der Waals surface area contributed by atoms with Crippen LogP contribution in [0.25, 0.3) is 0 Å². The summed E-state index contributed by atoms with van der Waals surface area (Å²) in [6.45, 7) is 4.24. The molecule has 1 unspecified atom stereocenters. The molecule has 1 amide bonds. The average molecular weight is 271 g/mol. The molecular formula is C13H25N3OS. The molecule has 2 aliphatic heterocycles. The third-order valence-corrected chi connectivity index (χ3v) is 4.99. The van der Waals surface area contributed by atoms with Gasteiger partial charge in [-0.15, -0.1) is 0 Å². The van der Waals surface area contributed by atoms with E-state index < -0.39 is 0 Å². The van der Waals surface area contributed by atoms with Gasteiger partial charge in [-0.3, -0.25) is 4.79 Å². The van der Waals surface area contributed by atoms with Crippen LogP contribution in [0.2, 0.25) is 0 Å². The number of piperidine rings is 1. The molecule has 2 rings (SSSR count). The Morgan fingerprint density at radius 1 is 1.44 bits per heavy atom. The van der Waals surface area contributed by atoms with Gasteiger partial charge in [-0.1, -0.05) is 0 Å². The minimum atomic E-state index is 0.217. The maximum Gasteiger partial charge on any atom is 0.221 e. The Hall–Kier alpha value is -0.260. The van der Waals surface area contributed by atoms with Crippen LogP contribution >= 0.6 is 11.8 Å². The topological polar surface area (TPSA) is 44.4 Å². The minimum Gasteiger partial charge on any atom is -0.356 e. The molecule has 2 heterocycles. The van der Waals surface area contributed by atoms with Crippen molar-refractivity contribution in [2.45, 2.75) is 25.3 Å². The molecule has 2 saturated heterocycles. The van der Waals surface area contributed by atoms with Crippen molar-refractivity contribution in [2.24, 2.45) is 5.92 Å². The molecule has 104 valence electrons. The predicted octanol–water partition coefficient (Wildman–Crippen LogP) is 0.540. The summed E-state index contributed by atoms with van der Waals surface area (Å²) >= 11 is 1.94. The van der Waals surface area contributed by atoms with Crippen LogP contribution in [0.3, 0.4) is 0 Å². The van der Waals surface area contributed by atoms with Gasteiger partial charge in [0.1, 0.15) is 0 Å². The van der Waals surface area contributed by atoms with Crippen molar-refractivity contribution < 1.29 is 4.79 Å². The molecule has 0 bridgehead atoms. The second-order valence-electron chi connectivity index (χ2n) is 5.48. The molecule has 0 aromatic rings. The van der Waals surface area contributed by atoms with Gasteiger partial charge in [-0.2, -0.15) is 11.8 Å². The van der Waals surface area contributed by atoms with E-state index in [1.807, 2.05) is 11.8 Å². The molecule has 2 fully saturated rings. The van der Waals surface area contributed by atoms with E-state index in [1.54, 1.807) is 0 Å². The number of carbonyl (C=O) groups is 1. The summed E-state index contributed by atoms with van der Waals surface area (Å²) in [6.07, 6.45) is 3.07. The van der Waals surface area contributed by atoms with Crippen LogP contribution in [-0.2, 0) is 4.79 Å². The fourth-order valence-electron chi connectivity index (χ4n) is 2.57. The lowest BCUT2D eigenvalue weighted by Crippen LogP contribution is -2.42. The second-order valence-corrected chi connectivity index (χ2v) is 6.63. The first-order chi connectivity index (χ1) is 8.74. The van der Waals surface area contributed by atoms with Gasteiger partial charge in [0.25, 0.3) is 0 Å². The molecule has 0 aromatic carbocycles. The molecule has 5 heteroatoms. The van der Waals surface area contributed by atoms with Crippen LogP contribution in [0.1, 0.15) is 19.3 Å². The van der Waals surface area contributed by atoms with Gasteiger partial charge in [-0.05, 0) is 38.9 Å². The van der Waals surface area contributed by atoms with Crippen LogP contribution in [0.5, 0.6) is 0 Å². The van der Waals surface area contributed by atoms with Crippen LogP contribution in [-0.4, -0.2) is 61.6 Å². The summed E-state index contributed by atoms with van der Waals surface area (Å²) < 4.78 is 0. The number of thioether (sulfide) groups is 1. The molecule has 2 aliphatic rings. The fourth-order valence-corrected chi connectivity index (χ4v) is 3.52. The Morgan fingerprint density at radius 2 is 2.22 bits per heavy atom. The predicted molar refractivity (Wildman–Crippen MR) is 77.0 cm³/mol. The lowest BCUT2D eigenvalue weighted by atomic mass is 9.97. The van der Waals surface area contributed by atoms with Gasteiger partial charge in [0, 0.05) is 37.1 Å². The molecule has 2 N–H and O–H groups in total. The number of carbonyl (C=O) groups excluding carboxylic acids is 1. The monoisotopic (exact) mass is 271 g/mol. The zero-order valence-electron chi connectivity index (χ0n) is 11.3. The third-order valence-electron chi connectivity index (χ3n) is 3.86. The van der Waals surface area contributed by atoms with E-state index in [0.717, 1.165) is 18.8 Å².